The van der Waals surface area contributed by atoms with Crippen molar-refractivity contribution >= 4 is 22.4 Å². The van der Waals surface area contributed by atoms with E-state index in [1.165, 1.54) is 37.0 Å². The summed E-state index contributed by atoms with van der Waals surface area (Å²) in [7, 11) is 2.04. The lowest BCUT2D eigenvalue weighted by atomic mass is 10.2. The van der Waals surface area contributed by atoms with Crippen LogP contribution in [0.2, 0.25) is 0 Å². The van der Waals surface area contributed by atoms with E-state index in [1.807, 2.05) is 14.0 Å². The molecule has 5 heteroatoms. The second-order valence-corrected chi connectivity index (χ2v) is 5.85. The molecule has 1 aliphatic rings. The fourth-order valence-corrected chi connectivity index (χ4v) is 3.50. The zero-order valence-corrected chi connectivity index (χ0v) is 11.8. The summed E-state index contributed by atoms with van der Waals surface area (Å²) in [5.74, 6) is -0.845. The van der Waals surface area contributed by atoms with Crippen molar-refractivity contribution in [2.24, 2.45) is 0 Å². The van der Waals surface area contributed by atoms with E-state index in [1.54, 1.807) is 0 Å². The minimum atomic E-state index is -0.845. The van der Waals surface area contributed by atoms with E-state index in [0.717, 1.165) is 23.7 Å². The van der Waals surface area contributed by atoms with Crippen LogP contribution < -0.4 is 4.90 Å². The van der Waals surface area contributed by atoms with Gasteiger partial charge in [0.1, 0.15) is 4.88 Å². The lowest BCUT2D eigenvalue weighted by molar-refractivity contribution is 0.0700. The predicted octanol–water partition coefficient (Wildman–Crippen LogP) is 3.17. The summed E-state index contributed by atoms with van der Waals surface area (Å²) in [5.41, 5.74) is 0.745. The van der Waals surface area contributed by atoms with E-state index in [4.69, 9.17) is 0 Å². The van der Waals surface area contributed by atoms with E-state index < -0.39 is 5.97 Å². The van der Waals surface area contributed by atoms with Crippen LogP contribution >= 0.6 is 11.3 Å². The van der Waals surface area contributed by atoms with Gasteiger partial charge in [-0.15, -0.1) is 0 Å². The molecule has 0 atom stereocenters. The zero-order valence-electron chi connectivity index (χ0n) is 11.0. The number of carboxylic acid groups (broad SMARTS) is 1. The summed E-state index contributed by atoms with van der Waals surface area (Å²) in [6.45, 7) is 2.05. The third kappa shape index (κ3) is 2.66. The summed E-state index contributed by atoms with van der Waals surface area (Å²) in [6, 6.07) is 0.535. The Morgan fingerprint density at radius 2 is 2.17 bits per heavy atom. The number of anilines is 1. The first-order valence-electron chi connectivity index (χ1n) is 6.59. The highest BCUT2D eigenvalue weighted by atomic mass is 32.1. The van der Waals surface area contributed by atoms with E-state index >= 15 is 0 Å². The smallest absolute Gasteiger partial charge is 0.347 e. The van der Waals surface area contributed by atoms with Gasteiger partial charge in [0.2, 0.25) is 0 Å². The molecule has 100 valence electrons. The summed E-state index contributed by atoms with van der Waals surface area (Å²) >= 11 is 1.32. The number of aryl methyl sites for hydroxylation is 1. The summed E-state index contributed by atoms with van der Waals surface area (Å²) in [5, 5.41) is 10.1. The minimum Gasteiger partial charge on any atom is -0.477 e. The molecular weight excluding hydrogens is 248 g/mol. The number of aromatic carboxylic acids is 1. The topological polar surface area (TPSA) is 53.4 Å². The van der Waals surface area contributed by atoms with Gasteiger partial charge < -0.3 is 10.0 Å². The van der Waals surface area contributed by atoms with E-state index in [0.29, 0.717) is 10.9 Å². The summed E-state index contributed by atoms with van der Waals surface area (Å²) in [6.07, 6.45) is 6.61. The van der Waals surface area contributed by atoms with Gasteiger partial charge in [-0.05, 0) is 19.3 Å². The van der Waals surface area contributed by atoms with Crippen molar-refractivity contribution < 1.29 is 9.90 Å². The Labute approximate surface area is 112 Å². The highest BCUT2D eigenvalue weighted by Crippen LogP contribution is 2.32. The van der Waals surface area contributed by atoms with Gasteiger partial charge in [0, 0.05) is 13.1 Å². The van der Waals surface area contributed by atoms with Gasteiger partial charge in [0.05, 0.1) is 5.69 Å². The lowest BCUT2D eigenvalue weighted by Crippen LogP contribution is -2.28. The maximum atomic E-state index is 11.2. The standard InChI is InChI=1S/C13H20N2O2S/c1-3-6-10-11(12(16)17)18-13(14-10)15(2)9-7-4-5-8-9/h9H,3-8H2,1-2H3,(H,16,17). The predicted molar refractivity (Wildman–Crippen MR) is 73.7 cm³/mol. The van der Waals surface area contributed by atoms with Crippen molar-refractivity contribution in [2.45, 2.75) is 51.5 Å². The number of rotatable bonds is 5. The van der Waals surface area contributed by atoms with Crippen molar-refractivity contribution in [3.8, 4) is 0 Å². The first kappa shape index (κ1) is 13.3. The van der Waals surface area contributed by atoms with Gasteiger partial charge in [0.15, 0.2) is 5.13 Å². The van der Waals surface area contributed by atoms with Crippen LogP contribution in [-0.2, 0) is 6.42 Å². The molecule has 0 spiro atoms. The third-order valence-electron chi connectivity index (χ3n) is 3.54. The highest BCUT2D eigenvalue weighted by molar-refractivity contribution is 7.17. The minimum absolute atomic E-state index is 0.414. The molecular formula is C13H20N2O2S. The van der Waals surface area contributed by atoms with Crippen LogP contribution in [0.5, 0.6) is 0 Å². The molecule has 1 aliphatic carbocycles. The molecule has 1 heterocycles. The molecule has 18 heavy (non-hydrogen) atoms. The number of carboxylic acids is 1. The molecule has 1 aromatic heterocycles. The molecule has 0 amide bonds. The van der Waals surface area contributed by atoms with E-state index in [9.17, 15) is 9.90 Å². The van der Waals surface area contributed by atoms with Crippen LogP contribution in [0.1, 0.15) is 54.4 Å². The Morgan fingerprint density at radius 3 is 2.72 bits per heavy atom. The fourth-order valence-electron chi connectivity index (χ4n) is 2.51. The normalized spacial score (nSPS) is 16.1. The molecule has 1 fully saturated rings. The zero-order chi connectivity index (χ0) is 13.1. The second-order valence-electron chi connectivity index (χ2n) is 4.88. The van der Waals surface area contributed by atoms with Crippen LogP contribution in [0.3, 0.4) is 0 Å². The van der Waals surface area contributed by atoms with Crippen molar-refractivity contribution in [1.82, 2.24) is 4.98 Å². The number of thiazole rings is 1. The largest absolute Gasteiger partial charge is 0.477 e. The first-order chi connectivity index (χ1) is 8.63. The van der Waals surface area contributed by atoms with Crippen LogP contribution in [-0.4, -0.2) is 29.1 Å². The maximum Gasteiger partial charge on any atom is 0.347 e. The van der Waals surface area contributed by atoms with E-state index in [2.05, 4.69) is 9.88 Å². The van der Waals surface area contributed by atoms with Crippen LogP contribution in [0, 0.1) is 0 Å². The average Bonchev–Trinajstić information content (AvgIpc) is 2.97. The Morgan fingerprint density at radius 1 is 1.50 bits per heavy atom. The van der Waals surface area contributed by atoms with Crippen molar-refractivity contribution in [3.63, 3.8) is 0 Å². The number of carbonyl (C=O) groups is 1. The maximum absolute atomic E-state index is 11.2. The van der Waals surface area contributed by atoms with Crippen molar-refractivity contribution in [1.29, 1.82) is 0 Å². The number of aromatic nitrogens is 1. The van der Waals surface area contributed by atoms with Crippen LogP contribution in [0.25, 0.3) is 0 Å². The second kappa shape index (κ2) is 5.69. The summed E-state index contributed by atoms with van der Waals surface area (Å²) < 4.78 is 0. The molecule has 1 N–H and O–H groups in total. The van der Waals surface area contributed by atoms with Crippen molar-refractivity contribution in [2.75, 3.05) is 11.9 Å². The SMILES string of the molecule is CCCc1nc(N(C)C2CCCC2)sc1C(=O)O. The van der Waals surface area contributed by atoms with Gasteiger partial charge in [0.25, 0.3) is 0 Å². The first-order valence-corrected chi connectivity index (χ1v) is 7.41. The Balaban J connectivity index is 2.22. The van der Waals surface area contributed by atoms with Gasteiger partial charge >= 0.3 is 5.97 Å². The van der Waals surface area contributed by atoms with Crippen LogP contribution in [0.4, 0.5) is 5.13 Å². The van der Waals surface area contributed by atoms with Gasteiger partial charge in [-0.25, -0.2) is 9.78 Å². The molecule has 1 saturated carbocycles. The number of hydrogen-bond acceptors (Lipinski definition) is 4. The monoisotopic (exact) mass is 268 g/mol. The lowest BCUT2D eigenvalue weighted by Gasteiger charge is -2.23. The fraction of sp³-hybridized carbons (Fsp3) is 0.692. The highest BCUT2D eigenvalue weighted by Gasteiger charge is 2.24. The van der Waals surface area contributed by atoms with Gasteiger partial charge in [-0.1, -0.05) is 37.5 Å². The van der Waals surface area contributed by atoms with Gasteiger partial charge in [-0.3, -0.25) is 0 Å². The Kier molecular flexibility index (Phi) is 4.22. The van der Waals surface area contributed by atoms with Crippen molar-refractivity contribution in [3.05, 3.63) is 10.6 Å². The molecule has 0 saturated heterocycles. The molecule has 2 rings (SSSR count). The molecule has 0 bridgehead atoms. The molecule has 0 radical (unpaired) electrons. The Bertz CT molecular complexity index is 425. The van der Waals surface area contributed by atoms with Gasteiger partial charge in [-0.2, -0.15) is 0 Å². The Hall–Kier alpha value is -1.10. The average molecular weight is 268 g/mol. The third-order valence-corrected chi connectivity index (χ3v) is 4.72. The quantitative estimate of drug-likeness (QED) is 0.891. The van der Waals surface area contributed by atoms with E-state index in [-0.39, 0.29) is 0 Å². The molecule has 0 aliphatic heterocycles. The number of hydrogen-bond donors (Lipinski definition) is 1. The molecule has 0 aromatic carbocycles. The molecule has 4 nitrogen and oxygen atoms in total. The summed E-state index contributed by atoms with van der Waals surface area (Å²) in [4.78, 5) is 18.3. The van der Waals surface area contributed by atoms with Crippen LogP contribution in [0.15, 0.2) is 0 Å². The number of nitrogens with zero attached hydrogens (tertiary/aromatic N) is 2. The molecule has 0 unspecified atom stereocenters. The molecule has 1 aromatic rings.